The van der Waals surface area contributed by atoms with E-state index in [0.29, 0.717) is 5.69 Å². The number of carboxylic acids is 1. The highest BCUT2D eigenvalue weighted by molar-refractivity contribution is 7.80. The Labute approximate surface area is 89.0 Å². The fourth-order valence-corrected chi connectivity index (χ4v) is 1.51. The highest BCUT2D eigenvalue weighted by Crippen LogP contribution is 2.13. The molecule has 6 nitrogen and oxygen atoms in total. The maximum Gasteiger partial charge on any atom is 0.305 e. The van der Waals surface area contributed by atoms with Crippen molar-refractivity contribution in [3.63, 3.8) is 0 Å². The summed E-state index contributed by atoms with van der Waals surface area (Å²) < 4.78 is 22.6. The van der Waals surface area contributed by atoms with Crippen LogP contribution in [0.3, 0.4) is 0 Å². The van der Waals surface area contributed by atoms with Crippen LogP contribution in [0.2, 0.25) is 0 Å². The molecule has 0 spiro atoms. The molecule has 1 heterocycles. The van der Waals surface area contributed by atoms with Gasteiger partial charge in [0.1, 0.15) is 0 Å². The number of aromatic nitrogens is 1. The molecular formula is C8H9N2O4S-. The molecule has 15 heavy (non-hydrogen) atoms. The van der Waals surface area contributed by atoms with Gasteiger partial charge in [0.2, 0.25) is 0 Å². The van der Waals surface area contributed by atoms with E-state index in [4.69, 9.17) is 5.11 Å². The molecule has 0 fully saturated rings. The van der Waals surface area contributed by atoms with Crippen molar-refractivity contribution >= 4 is 22.9 Å². The maximum absolute atomic E-state index is 10.8. The lowest BCUT2D eigenvalue weighted by molar-refractivity contribution is -0.136. The quantitative estimate of drug-likeness (QED) is 0.726. The van der Waals surface area contributed by atoms with E-state index >= 15 is 0 Å². The molecule has 1 aromatic rings. The van der Waals surface area contributed by atoms with Crippen molar-refractivity contribution in [2.75, 3.05) is 10.8 Å². The first-order valence-corrected chi connectivity index (χ1v) is 5.13. The molecule has 0 aromatic carbocycles. The van der Waals surface area contributed by atoms with Crippen LogP contribution < -0.4 is 4.31 Å². The first-order valence-electron chi connectivity index (χ1n) is 4.10. The zero-order chi connectivity index (χ0) is 11.3. The molecule has 1 rings (SSSR count). The minimum absolute atomic E-state index is 0.100. The third kappa shape index (κ3) is 3.64. The molecule has 0 radical (unpaired) electrons. The van der Waals surface area contributed by atoms with Crippen LogP contribution >= 0.6 is 0 Å². The number of rotatable bonds is 5. The van der Waals surface area contributed by atoms with Crippen LogP contribution in [-0.4, -0.2) is 31.4 Å². The molecule has 1 atom stereocenters. The average molecular weight is 229 g/mol. The molecule has 0 amide bonds. The Bertz CT molecular complexity index is 357. The summed E-state index contributed by atoms with van der Waals surface area (Å²) in [7, 11) is 0. The van der Waals surface area contributed by atoms with Gasteiger partial charge in [0, 0.05) is 24.0 Å². The number of hydrogen-bond donors (Lipinski definition) is 1. The first-order chi connectivity index (χ1) is 7.11. The van der Waals surface area contributed by atoms with Crippen LogP contribution in [0.1, 0.15) is 6.42 Å². The third-order valence-electron chi connectivity index (χ3n) is 1.64. The number of carbonyl (C=O) groups is 1. The number of carboxylic acid groups (broad SMARTS) is 1. The zero-order valence-corrected chi connectivity index (χ0v) is 8.51. The Morgan fingerprint density at radius 3 is 2.87 bits per heavy atom. The molecular weight excluding hydrogens is 220 g/mol. The van der Waals surface area contributed by atoms with Gasteiger partial charge in [0.15, 0.2) is 0 Å². The Kier molecular flexibility index (Phi) is 4.19. The Morgan fingerprint density at radius 1 is 1.67 bits per heavy atom. The maximum atomic E-state index is 10.8. The van der Waals surface area contributed by atoms with Gasteiger partial charge >= 0.3 is 5.97 Å². The van der Waals surface area contributed by atoms with E-state index in [0.717, 1.165) is 4.31 Å². The van der Waals surface area contributed by atoms with Crippen molar-refractivity contribution in [2.45, 2.75) is 6.42 Å². The topological polar surface area (TPSA) is 93.6 Å². The van der Waals surface area contributed by atoms with E-state index in [-0.39, 0.29) is 13.0 Å². The van der Waals surface area contributed by atoms with Gasteiger partial charge in [-0.25, -0.2) is 0 Å². The monoisotopic (exact) mass is 229 g/mol. The van der Waals surface area contributed by atoms with Gasteiger partial charge in [0.05, 0.1) is 18.3 Å². The zero-order valence-electron chi connectivity index (χ0n) is 7.70. The standard InChI is InChI=1S/C8H10N2O4S/c11-8(12)3-5-10(15(13)14)7-2-1-4-9-6-7/h1-2,4,6H,3,5H2,(H,11,12)(H,13,14)/p-1. The largest absolute Gasteiger partial charge is 0.755 e. The summed E-state index contributed by atoms with van der Waals surface area (Å²) in [4.78, 5) is 14.1. The van der Waals surface area contributed by atoms with E-state index in [1.807, 2.05) is 0 Å². The number of pyridine rings is 1. The summed E-state index contributed by atoms with van der Waals surface area (Å²) in [5, 5.41) is 8.45. The molecule has 1 unspecified atom stereocenters. The summed E-state index contributed by atoms with van der Waals surface area (Å²) in [5.41, 5.74) is 0.354. The number of hydrogen-bond acceptors (Lipinski definition) is 4. The molecule has 0 aliphatic heterocycles. The van der Waals surface area contributed by atoms with E-state index in [1.54, 1.807) is 12.1 Å². The first kappa shape index (κ1) is 11.6. The van der Waals surface area contributed by atoms with Crippen LogP contribution in [-0.2, 0) is 16.1 Å². The molecule has 1 N–H and O–H groups in total. The average Bonchev–Trinajstić information content (AvgIpc) is 2.18. The van der Waals surface area contributed by atoms with Gasteiger partial charge in [-0.05, 0) is 12.1 Å². The summed E-state index contributed by atoms with van der Waals surface area (Å²) in [5.74, 6) is -1.05. The molecule has 0 saturated heterocycles. The Balaban J connectivity index is 2.75. The predicted octanol–water partition coefficient (Wildman–Crippen LogP) is 0.157. The summed E-state index contributed by atoms with van der Waals surface area (Å²) in [6.07, 6.45) is 2.62. The Morgan fingerprint density at radius 2 is 2.40 bits per heavy atom. The van der Waals surface area contributed by atoms with Crippen molar-refractivity contribution < 1.29 is 18.7 Å². The van der Waals surface area contributed by atoms with E-state index < -0.39 is 17.2 Å². The molecule has 0 aliphatic carbocycles. The van der Waals surface area contributed by atoms with Crippen molar-refractivity contribution in [2.24, 2.45) is 0 Å². The second-order valence-corrected chi connectivity index (χ2v) is 3.55. The van der Waals surface area contributed by atoms with Gasteiger partial charge in [0.25, 0.3) is 0 Å². The van der Waals surface area contributed by atoms with E-state index in [2.05, 4.69) is 4.98 Å². The normalized spacial score (nSPS) is 12.1. The fourth-order valence-electron chi connectivity index (χ4n) is 0.988. The summed E-state index contributed by atoms with van der Waals surface area (Å²) in [6, 6.07) is 3.13. The summed E-state index contributed by atoms with van der Waals surface area (Å²) in [6.45, 7) is -0.100. The van der Waals surface area contributed by atoms with Gasteiger partial charge in [-0.1, -0.05) is 0 Å². The minimum Gasteiger partial charge on any atom is -0.755 e. The smallest absolute Gasteiger partial charge is 0.305 e. The van der Waals surface area contributed by atoms with Crippen molar-refractivity contribution in [1.82, 2.24) is 4.98 Å². The number of aliphatic carboxylic acids is 1. The Hall–Kier alpha value is -1.47. The molecule has 1 aromatic heterocycles. The fraction of sp³-hybridized carbons (Fsp3) is 0.250. The van der Waals surface area contributed by atoms with E-state index in [1.165, 1.54) is 12.4 Å². The van der Waals surface area contributed by atoms with Crippen molar-refractivity contribution in [3.05, 3.63) is 24.5 Å². The van der Waals surface area contributed by atoms with Crippen molar-refractivity contribution in [3.8, 4) is 0 Å². The van der Waals surface area contributed by atoms with Gasteiger partial charge in [-0.2, -0.15) is 0 Å². The highest BCUT2D eigenvalue weighted by atomic mass is 32.2. The van der Waals surface area contributed by atoms with Crippen molar-refractivity contribution in [1.29, 1.82) is 0 Å². The van der Waals surface area contributed by atoms with Crippen LogP contribution in [0.25, 0.3) is 0 Å². The van der Waals surface area contributed by atoms with Gasteiger partial charge < -0.3 is 14.0 Å². The molecule has 82 valence electrons. The third-order valence-corrected chi connectivity index (χ3v) is 2.40. The van der Waals surface area contributed by atoms with Crippen LogP contribution in [0, 0.1) is 0 Å². The second-order valence-electron chi connectivity index (χ2n) is 2.67. The molecule has 0 saturated carbocycles. The lowest BCUT2D eigenvalue weighted by atomic mass is 10.4. The second kappa shape index (κ2) is 5.42. The van der Waals surface area contributed by atoms with Crippen LogP contribution in [0.15, 0.2) is 24.5 Å². The molecule has 0 aliphatic rings. The minimum atomic E-state index is -2.49. The molecule has 0 bridgehead atoms. The lowest BCUT2D eigenvalue weighted by Crippen LogP contribution is -2.28. The SMILES string of the molecule is O=C(O)CCN(c1cccnc1)S(=O)[O-]. The highest BCUT2D eigenvalue weighted by Gasteiger charge is 2.08. The van der Waals surface area contributed by atoms with Gasteiger partial charge in [-0.3, -0.25) is 14.0 Å². The predicted molar refractivity (Wildman–Crippen MR) is 52.8 cm³/mol. The lowest BCUT2D eigenvalue weighted by Gasteiger charge is -2.25. The van der Waals surface area contributed by atoms with E-state index in [9.17, 15) is 13.6 Å². The molecule has 7 heteroatoms. The van der Waals surface area contributed by atoms with Crippen LogP contribution in [0.5, 0.6) is 0 Å². The van der Waals surface area contributed by atoms with Crippen LogP contribution in [0.4, 0.5) is 5.69 Å². The van der Waals surface area contributed by atoms with Gasteiger partial charge in [-0.15, -0.1) is 0 Å². The summed E-state index contributed by atoms with van der Waals surface area (Å²) >= 11 is -2.49. The number of nitrogens with zero attached hydrogens (tertiary/aromatic N) is 2. The number of anilines is 1.